The number of hydrogen-bond acceptors (Lipinski definition) is 4. The minimum Gasteiger partial charge on any atom is -0.319 e. The van der Waals surface area contributed by atoms with Crippen LogP contribution in [0.5, 0.6) is 0 Å². The van der Waals surface area contributed by atoms with Gasteiger partial charge in [0.15, 0.2) is 5.65 Å². The summed E-state index contributed by atoms with van der Waals surface area (Å²) in [6.07, 6.45) is 3.17. The fourth-order valence-corrected chi connectivity index (χ4v) is 1.95. The molecular weight excluding hydrogens is 218 g/mol. The van der Waals surface area contributed by atoms with Crippen LogP contribution in [0.25, 0.3) is 11.0 Å². The molecule has 2 heterocycles. The Labute approximate surface area is 99.3 Å². The van der Waals surface area contributed by atoms with Crippen molar-refractivity contribution in [1.29, 1.82) is 0 Å². The van der Waals surface area contributed by atoms with E-state index in [9.17, 15) is 4.79 Å². The molecule has 0 fully saturated rings. The second kappa shape index (κ2) is 4.67. The molecule has 17 heavy (non-hydrogen) atoms. The Morgan fingerprint density at radius 3 is 3.00 bits per heavy atom. The molecular formula is C11H17N5O. The van der Waals surface area contributed by atoms with Gasteiger partial charge in [-0.2, -0.15) is 5.10 Å². The standard InChI is InChI=1S/C11H17N5O/c1-8(4-12-2)6-16-7-13-10-9(11(16)17)5-14-15(10)3/h5,7-8,12H,4,6H2,1-3H3. The molecule has 1 unspecified atom stereocenters. The van der Waals surface area contributed by atoms with Crippen molar-refractivity contribution in [2.45, 2.75) is 13.5 Å². The maximum absolute atomic E-state index is 12.1. The monoisotopic (exact) mass is 235 g/mol. The van der Waals surface area contributed by atoms with Crippen LogP contribution in [0.3, 0.4) is 0 Å². The average molecular weight is 235 g/mol. The van der Waals surface area contributed by atoms with Gasteiger partial charge in [-0.15, -0.1) is 0 Å². The van der Waals surface area contributed by atoms with Gasteiger partial charge in [-0.25, -0.2) is 4.98 Å². The zero-order valence-corrected chi connectivity index (χ0v) is 10.3. The third-order valence-electron chi connectivity index (χ3n) is 2.78. The van der Waals surface area contributed by atoms with Crippen LogP contribution in [-0.4, -0.2) is 32.9 Å². The van der Waals surface area contributed by atoms with E-state index >= 15 is 0 Å². The molecule has 0 spiro atoms. The van der Waals surface area contributed by atoms with Crippen molar-refractivity contribution < 1.29 is 0 Å². The van der Waals surface area contributed by atoms with E-state index in [0.717, 1.165) is 6.54 Å². The maximum Gasteiger partial charge on any atom is 0.264 e. The number of aromatic nitrogens is 4. The highest BCUT2D eigenvalue weighted by atomic mass is 16.1. The number of fused-ring (bicyclic) bond motifs is 1. The van der Waals surface area contributed by atoms with E-state index in [-0.39, 0.29) is 5.56 Å². The van der Waals surface area contributed by atoms with Crippen molar-refractivity contribution >= 4 is 11.0 Å². The quantitative estimate of drug-likeness (QED) is 0.809. The van der Waals surface area contributed by atoms with Crippen LogP contribution in [0.4, 0.5) is 0 Å². The van der Waals surface area contributed by atoms with Gasteiger partial charge in [0.05, 0.1) is 12.5 Å². The number of nitrogens with one attached hydrogen (secondary N) is 1. The first-order valence-electron chi connectivity index (χ1n) is 5.65. The molecule has 0 aliphatic heterocycles. The largest absolute Gasteiger partial charge is 0.319 e. The van der Waals surface area contributed by atoms with Gasteiger partial charge in [0.25, 0.3) is 5.56 Å². The van der Waals surface area contributed by atoms with E-state index in [4.69, 9.17) is 0 Å². The Bertz CT molecular complexity index is 571. The summed E-state index contributed by atoms with van der Waals surface area (Å²) in [5.41, 5.74) is 0.610. The molecule has 0 saturated heterocycles. The molecule has 1 N–H and O–H groups in total. The predicted octanol–water partition coefficient (Wildman–Crippen LogP) is -0.0145. The summed E-state index contributed by atoms with van der Waals surface area (Å²) < 4.78 is 3.25. The lowest BCUT2D eigenvalue weighted by Gasteiger charge is -2.12. The summed E-state index contributed by atoms with van der Waals surface area (Å²) in [5.74, 6) is 0.383. The molecule has 0 radical (unpaired) electrons. The molecule has 6 nitrogen and oxygen atoms in total. The van der Waals surface area contributed by atoms with Crippen LogP contribution >= 0.6 is 0 Å². The van der Waals surface area contributed by atoms with Gasteiger partial charge >= 0.3 is 0 Å². The first-order valence-corrected chi connectivity index (χ1v) is 5.65. The lowest BCUT2D eigenvalue weighted by atomic mass is 10.2. The fraction of sp³-hybridized carbons (Fsp3) is 0.545. The summed E-state index contributed by atoms with van der Waals surface area (Å²) in [6.45, 7) is 3.63. The predicted molar refractivity (Wildman–Crippen MR) is 65.9 cm³/mol. The average Bonchev–Trinajstić information content (AvgIpc) is 2.66. The molecule has 0 saturated carbocycles. The van der Waals surface area contributed by atoms with E-state index in [1.807, 2.05) is 7.05 Å². The van der Waals surface area contributed by atoms with Crippen molar-refractivity contribution in [2.24, 2.45) is 13.0 Å². The smallest absolute Gasteiger partial charge is 0.264 e. The molecule has 0 aliphatic carbocycles. The lowest BCUT2D eigenvalue weighted by Crippen LogP contribution is -2.27. The fourth-order valence-electron chi connectivity index (χ4n) is 1.95. The molecule has 0 aliphatic rings. The molecule has 2 aromatic heterocycles. The number of nitrogens with zero attached hydrogens (tertiary/aromatic N) is 4. The third-order valence-corrected chi connectivity index (χ3v) is 2.78. The Morgan fingerprint density at radius 2 is 2.29 bits per heavy atom. The highest BCUT2D eigenvalue weighted by molar-refractivity contribution is 5.72. The topological polar surface area (TPSA) is 64.7 Å². The number of aryl methyl sites for hydroxylation is 1. The van der Waals surface area contributed by atoms with Crippen LogP contribution in [0, 0.1) is 5.92 Å². The first kappa shape index (κ1) is 11.8. The summed E-state index contributed by atoms with van der Waals surface area (Å²) in [4.78, 5) is 16.4. The maximum atomic E-state index is 12.1. The van der Waals surface area contributed by atoms with Crippen molar-refractivity contribution in [1.82, 2.24) is 24.6 Å². The summed E-state index contributed by atoms with van der Waals surface area (Å²) >= 11 is 0. The summed E-state index contributed by atoms with van der Waals surface area (Å²) in [7, 11) is 3.69. The van der Waals surface area contributed by atoms with Crippen LogP contribution in [-0.2, 0) is 13.6 Å². The van der Waals surface area contributed by atoms with E-state index in [1.165, 1.54) is 0 Å². The zero-order valence-electron chi connectivity index (χ0n) is 10.3. The number of hydrogen-bond donors (Lipinski definition) is 1. The van der Waals surface area contributed by atoms with Gasteiger partial charge in [0.2, 0.25) is 0 Å². The van der Waals surface area contributed by atoms with Gasteiger partial charge in [-0.3, -0.25) is 14.0 Å². The molecule has 2 rings (SSSR count). The molecule has 92 valence electrons. The van der Waals surface area contributed by atoms with Gasteiger partial charge in [-0.1, -0.05) is 6.92 Å². The molecule has 1 atom stereocenters. The Kier molecular flexibility index (Phi) is 3.23. The third kappa shape index (κ3) is 2.21. The Hall–Kier alpha value is -1.69. The Morgan fingerprint density at radius 1 is 1.53 bits per heavy atom. The molecule has 0 bridgehead atoms. The van der Waals surface area contributed by atoms with Crippen LogP contribution in [0.2, 0.25) is 0 Å². The van der Waals surface area contributed by atoms with Crippen LogP contribution in [0.1, 0.15) is 6.92 Å². The van der Waals surface area contributed by atoms with Crippen molar-refractivity contribution in [2.75, 3.05) is 13.6 Å². The zero-order chi connectivity index (χ0) is 12.4. The van der Waals surface area contributed by atoms with Crippen molar-refractivity contribution in [3.63, 3.8) is 0 Å². The van der Waals surface area contributed by atoms with Gasteiger partial charge in [0.1, 0.15) is 5.39 Å². The molecule has 0 aromatic carbocycles. The minimum absolute atomic E-state index is 0.0222. The van der Waals surface area contributed by atoms with Crippen LogP contribution in [0.15, 0.2) is 17.3 Å². The van der Waals surface area contributed by atoms with E-state index in [2.05, 4.69) is 22.3 Å². The normalized spacial score (nSPS) is 13.1. The first-order chi connectivity index (χ1) is 8.13. The van der Waals surface area contributed by atoms with Crippen molar-refractivity contribution in [3.8, 4) is 0 Å². The van der Waals surface area contributed by atoms with E-state index in [0.29, 0.717) is 23.5 Å². The molecule has 0 amide bonds. The van der Waals surface area contributed by atoms with Gasteiger partial charge < -0.3 is 5.32 Å². The molecule has 2 aromatic rings. The minimum atomic E-state index is -0.0222. The lowest BCUT2D eigenvalue weighted by molar-refractivity contribution is 0.452. The van der Waals surface area contributed by atoms with Gasteiger partial charge in [-0.05, 0) is 19.5 Å². The molecule has 6 heteroatoms. The van der Waals surface area contributed by atoms with E-state index < -0.39 is 0 Å². The summed E-state index contributed by atoms with van der Waals surface area (Å²) in [5, 5.41) is 7.71. The Balaban J connectivity index is 2.36. The highest BCUT2D eigenvalue weighted by Gasteiger charge is 2.09. The van der Waals surface area contributed by atoms with E-state index in [1.54, 1.807) is 28.8 Å². The summed E-state index contributed by atoms with van der Waals surface area (Å²) in [6, 6.07) is 0. The second-order valence-corrected chi connectivity index (χ2v) is 4.37. The second-order valence-electron chi connectivity index (χ2n) is 4.37. The number of rotatable bonds is 4. The van der Waals surface area contributed by atoms with Gasteiger partial charge in [0, 0.05) is 13.6 Å². The van der Waals surface area contributed by atoms with Crippen molar-refractivity contribution in [3.05, 3.63) is 22.9 Å². The van der Waals surface area contributed by atoms with Crippen LogP contribution < -0.4 is 10.9 Å². The highest BCUT2D eigenvalue weighted by Crippen LogP contribution is 2.04. The SMILES string of the molecule is CNCC(C)Cn1cnc2c(cnn2C)c1=O.